The zero-order valence-electron chi connectivity index (χ0n) is 16.0. The van der Waals surface area contributed by atoms with Crippen molar-refractivity contribution in [2.24, 2.45) is 0 Å². The van der Waals surface area contributed by atoms with Crippen molar-refractivity contribution in [2.75, 3.05) is 32.8 Å². The fraction of sp³-hybridized carbons (Fsp3) is 0.579. The molecule has 1 spiro atoms. The van der Waals surface area contributed by atoms with Crippen LogP contribution in [0.3, 0.4) is 0 Å². The van der Waals surface area contributed by atoms with Gasteiger partial charge in [-0.1, -0.05) is 12.1 Å². The molecule has 0 saturated carbocycles. The summed E-state index contributed by atoms with van der Waals surface area (Å²) in [6, 6.07) is 5.78. The summed E-state index contributed by atoms with van der Waals surface area (Å²) in [5.74, 6) is -0.598. The van der Waals surface area contributed by atoms with E-state index in [1.807, 2.05) is 0 Å². The SMILES string of the molecule is O=C1COC2(CCN(C(=O)OC(CO)C(F)(F)F)CC2)CN1Cc1ccc(F)cc1. The van der Waals surface area contributed by atoms with Crippen LogP contribution in [-0.2, 0) is 20.8 Å². The van der Waals surface area contributed by atoms with E-state index < -0.39 is 30.6 Å². The van der Waals surface area contributed by atoms with Gasteiger partial charge in [0.2, 0.25) is 12.0 Å². The number of nitrogens with zero attached hydrogens (tertiary/aromatic N) is 2. The molecule has 0 radical (unpaired) electrons. The standard InChI is InChI=1S/C19H22F4N2O5/c20-14-3-1-13(2-4-14)9-25-12-18(29-11-16(25)27)5-7-24(8-6-18)17(28)30-15(10-26)19(21,22)23/h1-4,15,26H,5-12H2. The van der Waals surface area contributed by atoms with E-state index in [0.29, 0.717) is 12.8 Å². The van der Waals surface area contributed by atoms with Gasteiger partial charge in [0.05, 0.1) is 18.8 Å². The van der Waals surface area contributed by atoms with Crippen LogP contribution in [0.5, 0.6) is 0 Å². The Morgan fingerprint density at radius 1 is 1.23 bits per heavy atom. The maximum atomic E-state index is 13.1. The molecule has 7 nitrogen and oxygen atoms in total. The second-order valence-electron chi connectivity index (χ2n) is 7.43. The summed E-state index contributed by atoms with van der Waals surface area (Å²) < 4.78 is 61.2. The molecule has 2 aliphatic rings. The first-order valence-electron chi connectivity index (χ1n) is 9.41. The van der Waals surface area contributed by atoms with Gasteiger partial charge >= 0.3 is 12.3 Å². The van der Waals surface area contributed by atoms with Gasteiger partial charge in [-0.15, -0.1) is 0 Å². The highest BCUT2D eigenvalue weighted by Gasteiger charge is 2.46. The van der Waals surface area contributed by atoms with Crippen LogP contribution in [-0.4, -0.2) is 77.6 Å². The fourth-order valence-electron chi connectivity index (χ4n) is 3.55. The third-order valence-electron chi connectivity index (χ3n) is 5.33. The van der Waals surface area contributed by atoms with Crippen LogP contribution in [0, 0.1) is 5.82 Å². The number of likely N-dealkylation sites (tertiary alicyclic amines) is 1. The van der Waals surface area contributed by atoms with Crippen LogP contribution in [0.15, 0.2) is 24.3 Å². The van der Waals surface area contributed by atoms with Gasteiger partial charge in [0.1, 0.15) is 12.4 Å². The molecule has 2 amide bonds. The molecule has 0 aliphatic carbocycles. The monoisotopic (exact) mass is 434 g/mol. The Bertz CT molecular complexity index is 763. The maximum absolute atomic E-state index is 13.1. The summed E-state index contributed by atoms with van der Waals surface area (Å²) in [5, 5.41) is 8.80. The van der Waals surface area contributed by atoms with Crippen LogP contribution in [0.4, 0.5) is 22.4 Å². The molecule has 11 heteroatoms. The van der Waals surface area contributed by atoms with Gasteiger partial charge in [-0.05, 0) is 30.5 Å². The lowest BCUT2D eigenvalue weighted by molar-refractivity contribution is -0.215. The molecule has 1 aromatic rings. The van der Waals surface area contributed by atoms with Crippen molar-refractivity contribution in [2.45, 2.75) is 37.3 Å². The van der Waals surface area contributed by atoms with Crippen molar-refractivity contribution in [1.82, 2.24) is 9.80 Å². The number of carbonyl (C=O) groups is 2. The Hall–Kier alpha value is -2.40. The molecular formula is C19H22F4N2O5. The summed E-state index contributed by atoms with van der Waals surface area (Å²) in [5.41, 5.74) is 0.0375. The predicted molar refractivity (Wildman–Crippen MR) is 94.7 cm³/mol. The van der Waals surface area contributed by atoms with Gasteiger partial charge in [-0.25, -0.2) is 9.18 Å². The van der Waals surface area contributed by atoms with E-state index in [4.69, 9.17) is 9.84 Å². The number of carbonyl (C=O) groups excluding carboxylic acids is 2. The number of hydrogen-bond acceptors (Lipinski definition) is 5. The summed E-state index contributed by atoms with van der Waals surface area (Å²) in [7, 11) is 0. The number of ether oxygens (including phenoxy) is 2. The molecule has 30 heavy (non-hydrogen) atoms. The van der Waals surface area contributed by atoms with Gasteiger partial charge in [0.25, 0.3) is 0 Å². The summed E-state index contributed by atoms with van der Waals surface area (Å²) >= 11 is 0. The Labute approximate surface area is 170 Å². The molecule has 0 bridgehead atoms. The van der Waals surface area contributed by atoms with Crippen molar-refractivity contribution in [3.63, 3.8) is 0 Å². The van der Waals surface area contributed by atoms with Crippen molar-refractivity contribution in [1.29, 1.82) is 0 Å². The molecule has 0 aromatic heterocycles. The van der Waals surface area contributed by atoms with E-state index in [9.17, 15) is 27.2 Å². The third kappa shape index (κ3) is 5.20. The molecule has 2 saturated heterocycles. The maximum Gasteiger partial charge on any atom is 0.427 e. The lowest BCUT2D eigenvalue weighted by atomic mass is 9.89. The highest BCUT2D eigenvalue weighted by atomic mass is 19.4. The summed E-state index contributed by atoms with van der Waals surface area (Å²) in [6.45, 7) is -0.780. The predicted octanol–water partition coefficient (Wildman–Crippen LogP) is 2.08. The zero-order chi connectivity index (χ0) is 21.9. The van der Waals surface area contributed by atoms with Gasteiger partial charge < -0.3 is 24.4 Å². The van der Waals surface area contributed by atoms with Crippen molar-refractivity contribution in [3.8, 4) is 0 Å². The van der Waals surface area contributed by atoms with Gasteiger partial charge in [0.15, 0.2) is 0 Å². The van der Waals surface area contributed by atoms with Gasteiger partial charge in [-0.3, -0.25) is 4.79 Å². The first kappa shape index (κ1) is 22.3. The number of amides is 2. The number of alkyl halides is 3. The molecular weight excluding hydrogens is 412 g/mol. The zero-order valence-corrected chi connectivity index (χ0v) is 16.0. The van der Waals surface area contributed by atoms with E-state index >= 15 is 0 Å². The number of halogens is 4. The van der Waals surface area contributed by atoms with E-state index in [1.165, 1.54) is 12.1 Å². The van der Waals surface area contributed by atoms with Gasteiger partial charge in [-0.2, -0.15) is 13.2 Å². The van der Waals surface area contributed by atoms with Crippen LogP contribution < -0.4 is 0 Å². The Kier molecular flexibility index (Phi) is 6.51. The molecule has 2 fully saturated rings. The molecule has 2 heterocycles. The topological polar surface area (TPSA) is 79.3 Å². The van der Waals surface area contributed by atoms with Crippen LogP contribution in [0.25, 0.3) is 0 Å². The molecule has 3 rings (SSSR count). The number of benzene rings is 1. The lowest BCUT2D eigenvalue weighted by Gasteiger charge is -2.46. The number of morpholine rings is 1. The van der Waals surface area contributed by atoms with Crippen molar-refractivity contribution < 1.29 is 41.7 Å². The Morgan fingerprint density at radius 3 is 2.43 bits per heavy atom. The second-order valence-corrected chi connectivity index (χ2v) is 7.43. The number of piperidine rings is 1. The quantitative estimate of drug-likeness (QED) is 0.735. The Balaban J connectivity index is 1.57. The van der Waals surface area contributed by atoms with E-state index in [-0.39, 0.29) is 44.5 Å². The summed E-state index contributed by atoms with van der Waals surface area (Å²) in [6.07, 6.45) is -7.96. The molecule has 1 aromatic carbocycles. The van der Waals surface area contributed by atoms with E-state index in [1.54, 1.807) is 17.0 Å². The molecule has 166 valence electrons. The van der Waals surface area contributed by atoms with Crippen LogP contribution >= 0.6 is 0 Å². The normalized spacial score (nSPS) is 20.4. The van der Waals surface area contributed by atoms with Crippen LogP contribution in [0.2, 0.25) is 0 Å². The van der Waals surface area contributed by atoms with E-state index in [0.717, 1.165) is 10.5 Å². The molecule has 1 N–H and O–H groups in total. The third-order valence-corrected chi connectivity index (χ3v) is 5.33. The first-order valence-corrected chi connectivity index (χ1v) is 9.41. The lowest BCUT2D eigenvalue weighted by Crippen LogP contribution is -2.59. The molecule has 1 unspecified atom stereocenters. The van der Waals surface area contributed by atoms with Crippen molar-refractivity contribution in [3.05, 3.63) is 35.6 Å². The second kappa shape index (κ2) is 8.76. The average Bonchev–Trinajstić information content (AvgIpc) is 2.70. The largest absolute Gasteiger partial charge is 0.434 e. The fourth-order valence-corrected chi connectivity index (χ4v) is 3.55. The van der Waals surface area contributed by atoms with Crippen LogP contribution in [0.1, 0.15) is 18.4 Å². The minimum Gasteiger partial charge on any atom is -0.434 e. The smallest absolute Gasteiger partial charge is 0.427 e. The Morgan fingerprint density at radius 2 is 1.87 bits per heavy atom. The van der Waals surface area contributed by atoms with Gasteiger partial charge in [0, 0.05) is 19.6 Å². The summed E-state index contributed by atoms with van der Waals surface area (Å²) in [4.78, 5) is 27.0. The number of rotatable bonds is 4. The number of hydrogen-bond donors (Lipinski definition) is 1. The first-order chi connectivity index (χ1) is 14.1. The highest BCUT2D eigenvalue weighted by molar-refractivity contribution is 5.78. The van der Waals surface area contributed by atoms with Crippen molar-refractivity contribution >= 4 is 12.0 Å². The molecule has 2 aliphatic heterocycles. The minimum absolute atomic E-state index is 0.0907. The molecule has 1 atom stereocenters. The highest BCUT2D eigenvalue weighted by Crippen LogP contribution is 2.32. The number of aliphatic hydroxyl groups excluding tert-OH is 1. The minimum atomic E-state index is -4.85. The van der Waals surface area contributed by atoms with E-state index in [2.05, 4.69) is 4.74 Å². The number of aliphatic hydroxyl groups is 1. The average molecular weight is 434 g/mol.